The summed E-state index contributed by atoms with van der Waals surface area (Å²) in [6.45, 7) is 2.65. The second-order valence-corrected chi connectivity index (χ2v) is 5.30. The number of amides is 1. The Morgan fingerprint density at radius 1 is 1.29 bits per heavy atom. The number of carbonyl (C=O) groups excluding carboxylic acids is 1. The molecule has 5 nitrogen and oxygen atoms in total. The van der Waals surface area contributed by atoms with E-state index in [1.807, 2.05) is 30.0 Å². The van der Waals surface area contributed by atoms with Crippen molar-refractivity contribution in [3.05, 3.63) is 23.8 Å². The molecule has 0 radical (unpaired) electrons. The average Bonchev–Trinajstić information content (AvgIpc) is 2.64. The Bertz CT molecular complexity index is 504. The van der Waals surface area contributed by atoms with Crippen molar-refractivity contribution in [1.82, 2.24) is 4.90 Å². The van der Waals surface area contributed by atoms with Gasteiger partial charge in [0.25, 0.3) is 0 Å². The minimum absolute atomic E-state index is 0.0606. The highest BCUT2D eigenvalue weighted by molar-refractivity contribution is 5.77. The Balaban J connectivity index is 2.42. The maximum Gasteiger partial charge on any atom is 0.223 e. The summed E-state index contributed by atoms with van der Waals surface area (Å²) in [7, 11) is 3.22. The van der Waals surface area contributed by atoms with Crippen molar-refractivity contribution in [2.75, 3.05) is 20.8 Å². The second kappa shape index (κ2) is 6.80. The summed E-state index contributed by atoms with van der Waals surface area (Å²) in [5.74, 6) is 1.51. The molecule has 1 aliphatic rings. The van der Waals surface area contributed by atoms with Crippen LogP contribution in [-0.2, 0) is 4.79 Å². The minimum Gasteiger partial charge on any atom is -0.493 e. The quantitative estimate of drug-likeness (QED) is 0.923. The fraction of sp³-hybridized carbons (Fsp3) is 0.562. The number of carbonyl (C=O) groups is 1. The first-order chi connectivity index (χ1) is 10.1. The predicted molar refractivity (Wildman–Crippen MR) is 81.5 cm³/mol. The Morgan fingerprint density at radius 2 is 2.00 bits per heavy atom. The van der Waals surface area contributed by atoms with E-state index in [0.717, 1.165) is 18.4 Å². The van der Waals surface area contributed by atoms with Gasteiger partial charge in [-0.2, -0.15) is 0 Å². The predicted octanol–water partition coefficient (Wildman–Crippen LogP) is 2.10. The molecule has 116 valence electrons. The van der Waals surface area contributed by atoms with Crippen LogP contribution >= 0.6 is 0 Å². The van der Waals surface area contributed by atoms with Crippen LogP contribution in [-0.4, -0.2) is 37.6 Å². The van der Waals surface area contributed by atoms with E-state index in [1.165, 1.54) is 0 Å². The standard InChI is InChI=1S/C16H24N2O3/c1-4-18-15(19)7-5-6-12(17)16(18)11-8-9-13(20-2)14(10-11)21-3/h8-10,12,16H,4-7,17H2,1-3H3. The second-order valence-electron chi connectivity index (χ2n) is 5.30. The van der Waals surface area contributed by atoms with Crippen LogP contribution in [0.5, 0.6) is 11.5 Å². The maximum atomic E-state index is 12.3. The van der Waals surface area contributed by atoms with Gasteiger partial charge >= 0.3 is 0 Å². The van der Waals surface area contributed by atoms with E-state index in [9.17, 15) is 4.79 Å². The molecule has 0 bridgehead atoms. The zero-order chi connectivity index (χ0) is 15.4. The fourth-order valence-electron chi connectivity index (χ4n) is 3.01. The SMILES string of the molecule is CCN1C(=O)CCCC(N)C1c1ccc(OC)c(OC)c1. The summed E-state index contributed by atoms with van der Waals surface area (Å²) < 4.78 is 10.6. The molecule has 0 aliphatic carbocycles. The van der Waals surface area contributed by atoms with Crippen LogP contribution in [0.25, 0.3) is 0 Å². The first-order valence-electron chi connectivity index (χ1n) is 7.39. The van der Waals surface area contributed by atoms with Gasteiger partial charge in [0, 0.05) is 19.0 Å². The first kappa shape index (κ1) is 15.6. The third-order valence-electron chi connectivity index (χ3n) is 4.08. The summed E-state index contributed by atoms with van der Waals surface area (Å²) in [5.41, 5.74) is 7.33. The lowest BCUT2D eigenvalue weighted by molar-refractivity contribution is -0.133. The molecule has 21 heavy (non-hydrogen) atoms. The zero-order valence-corrected chi connectivity index (χ0v) is 13.0. The molecule has 0 aromatic heterocycles. The molecule has 2 unspecified atom stereocenters. The van der Waals surface area contributed by atoms with Gasteiger partial charge in [0.15, 0.2) is 11.5 Å². The van der Waals surface area contributed by atoms with Crippen LogP contribution < -0.4 is 15.2 Å². The van der Waals surface area contributed by atoms with Gasteiger partial charge < -0.3 is 20.1 Å². The van der Waals surface area contributed by atoms with Crippen LogP contribution in [0.2, 0.25) is 0 Å². The van der Waals surface area contributed by atoms with Gasteiger partial charge in [-0.25, -0.2) is 0 Å². The highest BCUT2D eigenvalue weighted by Gasteiger charge is 2.32. The third kappa shape index (κ3) is 3.13. The van der Waals surface area contributed by atoms with E-state index in [4.69, 9.17) is 15.2 Å². The number of hydrogen-bond acceptors (Lipinski definition) is 4. The Labute approximate surface area is 126 Å². The van der Waals surface area contributed by atoms with Gasteiger partial charge in [0.1, 0.15) is 0 Å². The van der Waals surface area contributed by atoms with Crippen LogP contribution in [0.3, 0.4) is 0 Å². The molecule has 0 spiro atoms. The number of hydrogen-bond donors (Lipinski definition) is 1. The molecule has 0 saturated carbocycles. The van der Waals surface area contributed by atoms with Crippen LogP contribution in [0.4, 0.5) is 0 Å². The maximum absolute atomic E-state index is 12.3. The smallest absolute Gasteiger partial charge is 0.223 e. The van der Waals surface area contributed by atoms with Crippen molar-refractivity contribution in [2.45, 2.75) is 38.3 Å². The fourth-order valence-corrected chi connectivity index (χ4v) is 3.01. The molecule has 1 saturated heterocycles. The highest BCUT2D eigenvalue weighted by atomic mass is 16.5. The van der Waals surface area contributed by atoms with Crippen molar-refractivity contribution in [3.63, 3.8) is 0 Å². The summed E-state index contributed by atoms with van der Waals surface area (Å²) in [6, 6.07) is 5.58. The molecule has 1 amide bonds. The topological polar surface area (TPSA) is 64.8 Å². The molecular weight excluding hydrogens is 268 g/mol. The Hall–Kier alpha value is -1.75. The van der Waals surface area contributed by atoms with Crippen molar-refractivity contribution < 1.29 is 14.3 Å². The van der Waals surface area contributed by atoms with E-state index in [-0.39, 0.29) is 18.0 Å². The number of rotatable bonds is 4. The lowest BCUT2D eigenvalue weighted by Gasteiger charge is -2.33. The monoisotopic (exact) mass is 292 g/mol. The van der Waals surface area contributed by atoms with E-state index in [2.05, 4.69) is 0 Å². The van der Waals surface area contributed by atoms with E-state index in [1.54, 1.807) is 14.2 Å². The summed E-state index contributed by atoms with van der Waals surface area (Å²) in [5, 5.41) is 0. The molecule has 1 heterocycles. The molecule has 2 N–H and O–H groups in total. The molecule has 2 rings (SSSR count). The normalized spacial score (nSPS) is 22.9. The average molecular weight is 292 g/mol. The number of methoxy groups -OCH3 is 2. The molecule has 2 atom stereocenters. The lowest BCUT2D eigenvalue weighted by Crippen LogP contribution is -2.42. The van der Waals surface area contributed by atoms with Gasteiger partial charge in [-0.05, 0) is 37.5 Å². The van der Waals surface area contributed by atoms with Crippen molar-refractivity contribution >= 4 is 5.91 Å². The van der Waals surface area contributed by atoms with Gasteiger partial charge in [-0.3, -0.25) is 4.79 Å². The summed E-state index contributed by atoms with van der Waals surface area (Å²) in [6.07, 6.45) is 2.27. The molecule has 1 aromatic rings. The van der Waals surface area contributed by atoms with Crippen LogP contribution in [0, 0.1) is 0 Å². The minimum atomic E-state index is -0.107. The third-order valence-corrected chi connectivity index (χ3v) is 4.08. The number of nitrogens with two attached hydrogens (primary N) is 1. The van der Waals surface area contributed by atoms with E-state index in [0.29, 0.717) is 24.5 Å². The van der Waals surface area contributed by atoms with E-state index >= 15 is 0 Å². The first-order valence-corrected chi connectivity index (χ1v) is 7.39. The molecule has 1 aliphatic heterocycles. The summed E-state index contributed by atoms with van der Waals surface area (Å²) >= 11 is 0. The highest BCUT2D eigenvalue weighted by Crippen LogP contribution is 2.35. The van der Waals surface area contributed by atoms with E-state index < -0.39 is 0 Å². The van der Waals surface area contributed by atoms with Gasteiger partial charge in [-0.1, -0.05) is 6.07 Å². The molecule has 1 aromatic carbocycles. The Morgan fingerprint density at radius 3 is 2.62 bits per heavy atom. The van der Waals surface area contributed by atoms with Gasteiger partial charge in [0.05, 0.1) is 20.3 Å². The Kier molecular flexibility index (Phi) is 5.07. The van der Waals surface area contributed by atoms with Crippen LogP contribution in [0.15, 0.2) is 18.2 Å². The summed E-state index contributed by atoms with van der Waals surface area (Å²) in [4.78, 5) is 14.1. The molecule has 5 heteroatoms. The number of benzene rings is 1. The number of ether oxygens (including phenoxy) is 2. The van der Waals surface area contributed by atoms with Gasteiger partial charge in [0.2, 0.25) is 5.91 Å². The number of nitrogens with zero attached hydrogens (tertiary/aromatic N) is 1. The van der Waals surface area contributed by atoms with Gasteiger partial charge in [-0.15, -0.1) is 0 Å². The zero-order valence-electron chi connectivity index (χ0n) is 13.0. The lowest BCUT2D eigenvalue weighted by atomic mass is 9.96. The molecular formula is C16H24N2O3. The van der Waals surface area contributed by atoms with Crippen molar-refractivity contribution in [3.8, 4) is 11.5 Å². The van der Waals surface area contributed by atoms with Crippen molar-refractivity contribution in [1.29, 1.82) is 0 Å². The largest absolute Gasteiger partial charge is 0.493 e. The number of likely N-dealkylation sites (tertiary alicyclic amines) is 1. The molecule has 1 fully saturated rings. The van der Waals surface area contributed by atoms with Crippen LogP contribution in [0.1, 0.15) is 37.8 Å². The number of likely N-dealkylation sites (N-methyl/N-ethyl adjacent to an activating group) is 1. The van der Waals surface area contributed by atoms with Crippen molar-refractivity contribution in [2.24, 2.45) is 5.73 Å².